The highest BCUT2D eigenvalue weighted by Crippen LogP contribution is 2.35. The third kappa shape index (κ3) is 5.70. The fourth-order valence-corrected chi connectivity index (χ4v) is 5.71. The van der Waals surface area contributed by atoms with Gasteiger partial charge in [-0.25, -0.2) is 13.4 Å². The van der Waals surface area contributed by atoms with Gasteiger partial charge < -0.3 is 15.2 Å². The number of aromatic amines is 1. The molecule has 6 rings (SSSR count). The summed E-state index contributed by atoms with van der Waals surface area (Å²) in [5.41, 5.74) is 7.22. The topological polar surface area (TPSA) is 108 Å². The summed E-state index contributed by atoms with van der Waals surface area (Å²) in [5.74, 6) is 0. The second-order valence-electron chi connectivity index (χ2n) is 9.96. The molecule has 1 unspecified atom stereocenters. The summed E-state index contributed by atoms with van der Waals surface area (Å²) in [4.78, 5) is 10.1. The zero-order valence-corrected chi connectivity index (χ0v) is 24.0. The molecule has 1 aliphatic rings. The van der Waals surface area contributed by atoms with Gasteiger partial charge in [0.2, 0.25) is 10.0 Å². The maximum Gasteiger partial charge on any atom is 0.229 e. The summed E-state index contributed by atoms with van der Waals surface area (Å²) in [5, 5.41) is 8.96. The van der Waals surface area contributed by atoms with Crippen molar-refractivity contribution in [2.75, 3.05) is 42.1 Å². The van der Waals surface area contributed by atoms with E-state index in [9.17, 15) is 8.42 Å². The first-order valence-electron chi connectivity index (χ1n) is 13.0. The van der Waals surface area contributed by atoms with Crippen molar-refractivity contribution >= 4 is 44.8 Å². The number of rotatable bonds is 7. The van der Waals surface area contributed by atoms with Gasteiger partial charge in [-0.1, -0.05) is 36.4 Å². The lowest BCUT2D eigenvalue weighted by Crippen LogP contribution is -2.43. The van der Waals surface area contributed by atoms with Crippen molar-refractivity contribution in [1.82, 2.24) is 25.1 Å². The van der Waals surface area contributed by atoms with E-state index in [2.05, 4.69) is 61.3 Å². The molecular weight excluding hydrogens is 546 g/mol. The van der Waals surface area contributed by atoms with Crippen LogP contribution in [0.3, 0.4) is 0 Å². The van der Waals surface area contributed by atoms with Crippen LogP contribution in [0, 0.1) is 0 Å². The van der Waals surface area contributed by atoms with E-state index in [4.69, 9.17) is 0 Å². The van der Waals surface area contributed by atoms with Crippen molar-refractivity contribution in [2.24, 2.45) is 0 Å². The summed E-state index contributed by atoms with van der Waals surface area (Å²) in [6, 6.07) is 18.4. The number of pyridine rings is 1. The minimum absolute atomic E-state index is 0. The first-order chi connectivity index (χ1) is 18.9. The minimum Gasteiger partial charge on any atom is -0.367 e. The number of halogens is 1. The van der Waals surface area contributed by atoms with Gasteiger partial charge in [-0.05, 0) is 36.2 Å². The Kier molecular flexibility index (Phi) is 7.84. The van der Waals surface area contributed by atoms with Crippen LogP contribution in [-0.2, 0) is 10.0 Å². The lowest BCUT2D eigenvalue weighted by atomic mass is 10.0. The van der Waals surface area contributed by atoms with Gasteiger partial charge >= 0.3 is 0 Å². The summed E-state index contributed by atoms with van der Waals surface area (Å²) >= 11 is 0. The predicted molar refractivity (Wildman–Crippen MR) is 164 cm³/mol. The fraction of sp³-hybridized carbons (Fsp3) is 0.241. The number of hydrogen-bond donors (Lipinski definition) is 3. The molecule has 0 spiro atoms. The quantitative estimate of drug-likeness (QED) is 0.254. The van der Waals surface area contributed by atoms with Crippen LogP contribution in [-0.4, -0.2) is 60.6 Å². The Morgan fingerprint density at radius 1 is 0.975 bits per heavy atom. The molecule has 2 aromatic carbocycles. The van der Waals surface area contributed by atoms with E-state index in [0.29, 0.717) is 5.69 Å². The van der Waals surface area contributed by atoms with E-state index in [1.165, 1.54) is 11.8 Å². The Labute approximate surface area is 240 Å². The second kappa shape index (κ2) is 11.3. The summed E-state index contributed by atoms with van der Waals surface area (Å²) in [7, 11) is -3.45. The molecule has 208 valence electrons. The zero-order chi connectivity index (χ0) is 27.0. The number of nitrogens with one attached hydrogen (secondary N) is 3. The molecule has 0 aliphatic carbocycles. The molecule has 0 amide bonds. The molecule has 1 atom stereocenters. The number of hydrogen-bond acceptors (Lipinski definition) is 6. The molecule has 11 heteroatoms. The largest absolute Gasteiger partial charge is 0.367 e. The fourth-order valence-electron chi connectivity index (χ4n) is 5.15. The molecule has 3 N–H and O–H groups in total. The average Bonchev–Trinajstić information content (AvgIpc) is 3.60. The Bertz CT molecular complexity index is 1730. The molecule has 9 nitrogen and oxygen atoms in total. The van der Waals surface area contributed by atoms with Crippen molar-refractivity contribution in [2.45, 2.75) is 13.0 Å². The second-order valence-corrected chi connectivity index (χ2v) is 11.7. The molecular formula is C29H32ClN7O2S. The van der Waals surface area contributed by atoms with Crippen LogP contribution in [0.25, 0.3) is 33.3 Å². The number of H-pyrrole nitrogens is 1. The molecule has 40 heavy (non-hydrogen) atoms. The van der Waals surface area contributed by atoms with Gasteiger partial charge in [0.05, 0.1) is 29.9 Å². The van der Waals surface area contributed by atoms with Gasteiger partial charge in [0.25, 0.3) is 0 Å². The highest BCUT2D eigenvalue weighted by Gasteiger charge is 2.18. The molecule has 1 aliphatic heterocycles. The zero-order valence-electron chi connectivity index (χ0n) is 22.3. The highest BCUT2D eigenvalue weighted by atomic mass is 35.5. The maximum absolute atomic E-state index is 12.2. The van der Waals surface area contributed by atoms with Crippen LogP contribution in [0.4, 0.5) is 11.4 Å². The first kappa shape index (κ1) is 27.7. The standard InChI is InChI=1S/C29H31N7O2S.ClH/c1-20(21-6-4-3-5-7-21)36-19-24(17-33-36)26-18-32-29-25(26)14-23(16-31-29)22-8-9-28(35-12-10-30-11-13-35)27(15-22)34-39(2,37)38;/h3-9,14-20,30,34H,10-13H2,1-2H3,(H,31,32);1H. The molecule has 0 bridgehead atoms. The molecule has 1 saturated heterocycles. The van der Waals surface area contributed by atoms with E-state index >= 15 is 0 Å². The number of sulfonamides is 1. The molecule has 5 aromatic rings. The number of fused-ring (bicyclic) bond motifs is 1. The van der Waals surface area contributed by atoms with Crippen molar-refractivity contribution < 1.29 is 8.42 Å². The average molecular weight is 578 g/mol. The SMILES string of the molecule is CC(c1ccccc1)n1cc(-c2c[nH]c3ncc(-c4ccc(N5CCNCC5)c(NS(C)(=O)=O)c4)cc23)cn1.Cl. The molecule has 1 fully saturated rings. The molecule has 0 radical (unpaired) electrons. The van der Waals surface area contributed by atoms with Crippen LogP contribution >= 0.6 is 12.4 Å². The first-order valence-corrected chi connectivity index (χ1v) is 14.9. The van der Waals surface area contributed by atoms with Gasteiger partial charge in [0.15, 0.2) is 0 Å². The van der Waals surface area contributed by atoms with Crippen molar-refractivity contribution in [3.8, 4) is 22.3 Å². The predicted octanol–water partition coefficient (Wildman–Crippen LogP) is 4.91. The van der Waals surface area contributed by atoms with Gasteiger partial charge in [-0.2, -0.15) is 5.10 Å². The smallest absolute Gasteiger partial charge is 0.229 e. The van der Waals surface area contributed by atoms with Crippen molar-refractivity contribution in [3.63, 3.8) is 0 Å². The lowest BCUT2D eigenvalue weighted by molar-refractivity contribution is 0.565. The van der Waals surface area contributed by atoms with E-state index < -0.39 is 10.0 Å². The molecule has 3 aromatic heterocycles. The van der Waals surface area contributed by atoms with Crippen LogP contribution in [0.5, 0.6) is 0 Å². The van der Waals surface area contributed by atoms with Crippen molar-refractivity contribution in [1.29, 1.82) is 0 Å². The monoisotopic (exact) mass is 577 g/mol. The van der Waals surface area contributed by atoms with Gasteiger partial charge in [0, 0.05) is 66.8 Å². The van der Waals surface area contributed by atoms with E-state index in [1.807, 2.05) is 59.7 Å². The van der Waals surface area contributed by atoms with Crippen LogP contribution in [0.15, 0.2) is 79.4 Å². The van der Waals surface area contributed by atoms with Gasteiger partial charge in [-0.3, -0.25) is 9.40 Å². The number of aromatic nitrogens is 4. The maximum atomic E-state index is 12.2. The summed E-state index contributed by atoms with van der Waals surface area (Å²) in [6.07, 6.45) is 8.89. The number of anilines is 2. The van der Waals surface area contributed by atoms with Crippen LogP contribution in [0.2, 0.25) is 0 Å². The Morgan fingerprint density at radius 2 is 1.75 bits per heavy atom. The third-order valence-electron chi connectivity index (χ3n) is 7.21. The van der Waals surface area contributed by atoms with E-state index in [0.717, 1.165) is 65.2 Å². The summed E-state index contributed by atoms with van der Waals surface area (Å²) < 4.78 is 29.1. The van der Waals surface area contributed by atoms with Crippen LogP contribution in [0.1, 0.15) is 18.5 Å². The van der Waals surface area contributed by atoms with Gasteiger partial charge in [0.1, 0.15) is 5.65 Å². The Hall–Kier alpha value is -3.86. The van der Waals surface area contributed by atoms with E-state index in [-0.39, 0.29) is 18.4 Å². The van der Waals surface area contributed by atoms with E-state index in [1.54, 1.807) is 0 Å². The third-order valence-corrected chi connectivity index (χ3v) is 7.80. The minimum atomic E-state index is -3.45. The number of piperazine rings is 1. The lowest BCUT2D eigenvalue weighted by Gasteiger charge is -2.31. The normalized spacial score (nSPS) is 14.6. The highest BCUT2D eigenvalue weighted by molar-refractivity contribution is 7.92. The summed E-state index contributed by atoms with van der Waals surface area (Å²) in [6.45, 7) is 5.48. The van der Waals surface area contributed by atoms with Crippen LogP contribution < -0.4 is 14.9 Å². The van der Waals surface area contributed by atoms with Gasteiger partial charge in [-0.15, -0.1) is 12.4 Å². The Balaban J connectivity index is 0.00000323. The Morgan fingerprint density at radius 3 is 2.50 bits per heavy atom. The number of nitrogens with zero attached hydrogens (tertiary/aromatic N) is 4. The molecule has 4 heterocycles. The number of benzene rings is 2. The van der Waals surface area contributed by atoms with Crippen molar-refractivity contribution in [3.05, 3.63) is 84.9 Å². The molecule has 0 saturated carbocycles.